The number of hydrogen-bond donors (Lipinski definition) is 1. The predicted molar refractivity (Wildman–Crippen MR) is 95.6 cm³/mol. The Morgan fingerprint density at radius 2 is 1.88 bits per heavy atom. The average Bonchev–Trinajstić information content (AvgIpc) is 2.87. The second kappa shape index (κ2) is 7.15. The maximum absolute atomic E-state index is 12.9. The Morgan fingerprint density at radius 1 is 1.12 bits per heavy atom. The molecule has 5 nitrogen and oxygen atoms in total. The minimum absolute atomic E-state index is 0.172. The summed E-state index contributed by atoms with van der Waals surface area (Å²) in [7, 11) is 0. The number of imide groups is 1. The smallest absolute Gasteiger partial charge is 0.325 e. The van der Waals surface area contributed by atoms with Gasteiger partial charge >= 0.3 is 6.03 Å². The SMILES string of the molecule is CCC1(c2ccccc2)NC(=O)N(CCOc2cccc(Cl)c2)C1=O. The fourth-order valence-corrected chi connectivity index (χ4v) is 3.18. The van der Waals surface area contributed by atoms with E-state index in [4.69, 9.17) is 16.3 Å². The Labute approximate surface area is 151 Å². The number of amides is 3. The van der Waals surface area contributed by atoms with Crippen molar-refractivity contribution in [1.29, 1.82) is 0 Å². The summed E-state index contributed by atoms with van der Waals surface area (Å²) in [5.41, 5.74) is -0.219. The minimum atomic E-state index is -1.01. The molecule has 1 N–H and O–H groups in total. The van der Waals surface area contributed by atoms with Crippen molar-refractivity contribution < 1.29 is 14.3 Å². The van der Waals surface area contributed by atoms with E-state index in [1.807, 2.05) is 37.3 Å². The normalized spacial score (nSPS) is 19.8. The van der Waals surface area contributed by atoms with Crippen LogP contribution >= 0.6 is 11.6 Å². The van der Waals surface area contributed by atoms with Crippen LogP contribution in [0.5, 0.6) is 5.75 Å². The number of nitrogens with zero attached hydrogens (tertiary/aromatic N) is 1. The quantitative estimate of drug-likeness (QED) is 0.803. The summed E-state index contributed by atoms with van der Waals surface area (Å²) in [6, 6.07) is 15.9. The highest BCUT2D eigenvalue weighted by Gasteiger charge is 2.50. The molecule has 1 aliphatic heterocycles. The molecule has 1 unspecified atom stereocenters. The molecule has 25 heavy (non-hydrogen) atoms. The zero-order chi connectivity index (χ0) is 17.9. The third-order valence-electron chi connectivity index (χ3n) is 4.35. The number of halogens is 1. The highest BCUT2D eigenvalue weighted by molar-refractivity contribution is 6.30. The standard InChI is InChI=1S/C19H19ClN2O3/c1-2-19(14-7-4-3-5-8-14)17(23)22(18(24)21-19)11-12-25-16-10-6-9-15(20)13-16/h3-10,13H,2,11-12H2,1H3,(H,21,24). The van der Waals surface area contributed by atoms with Crippen molar-refractivity contribution in [1.82, 2.24) is 10.2 Å². The molecular formula is C19H19ClN2O3. The van der Waals surface area contributed by atoms with Crippen LogP contribution in [0.3, 0.4) is 0 Å². The number of urea groups is 1. The summed E-state index contributed by atoms with van der Waals surface area (Å²) >= 11 is 5.91. The number of benzene rings is 2. The van der Waals surface area contributed by atoms with Gasteiger partial charge in [0, 0.05) is 5.02 Å². The first-order chi connectivity index (χ1) is 12.1. The van der Waals surface area contributed by atoms with Crippen molar-refractivity contribution in [2.24, 2.45) is 0 Å². The van der Waals surface area contributed by atoms with Gasteiger partial charge in [-0.05, 0) is 30.2 Å². The summed E-state index contributed by atoms with van der Waals surface area (Å²) in [6.45, 7) is 2.26. The number of hydrogen-bond acceptors (Lipinski definition) is 3. The van der Waals surface area contributed by atoms with E-state index in [2.05, 4.69) is 5.32 Å². The van der Waals surface area contributed by atoms with Crippen LogP contribution in [0.2, 0.25) is 5.02 Å². The first-order valence-corrected chi connectivity index (χ1v) is 8.52. The number of ether oxygens (including phenoxy) is 1. The van der Waals surface area contributed by atoms with Crippen molar-refractivity contribution in [2.75, 3.05) is 13.2 Å². The number of nitrogens with one attached hydrogen (secondary N) is 1. The van der Waals surface area contributed by atoms with Crippen LogP contribution in [-0.2, 0) is 10.3 Å². The highest BCUT2D eigenvalue weighted by Crippen LogP contribution is 2.32. The van der Waals surface area contributed by atoms with Crippen molar-refractivity contribution in [3.63, 3.8) is 0 Å². The summed E-state index contributed by atoms with van der Waals surface area (Å²) in [6.07, 6.45) is 0.479. The lowest BCUT2D eigenvalue weighted by Gasteiger charge is -2.25. The molecule has 6 heteroatoms. The van der Waals surface area contributed by atoms with Crippen LogP contribution in [0, 0.1) is 0 Å². The summed E-state index contributed by atoms with van der Waals surface area (Å²) in [4.78, 5) is 26.5. The van der Waals surface area contributed by atoms with Crippen molar-refractivity contribution >= 4 is 23.5 Å². The third kappa shape index (κ3) is 3.33. The van der Waals surface area contributed by atoms with E-state index >= 15 is 0 Å². The van der Waals surface area contributed by atoms with Crippen LogP contribution in [-0.4, -0.2) is 30.0 Å². The van der Waals surface area contributed by atoms with E-state index in [0.29, 0.717) is 17.2 Å². The fraction of sp³-hybridized carbons (Fsp3) is 0.263. The molecule has 3 rings (SSSR count). The van der Waals surface area contributed by atoms with Gasteiger partial charge in [-0.15, -0.1) is 0 Å². The lowest BCUT2D eigenvalue weighted by Crippen LogP contribution is -2.43. The first kappa shape index (κ1) is 17.3. The molecule has 1 heterocycles. The van der Waals surface area contributed by atoms with Crippen molar-refractivity contribution in [3.8, 4) is 5.75 Å². The third-order valence-corrected chi connectivity index (χ3v) is 4.59. The van der Waals surface area contributed by atoms with Crippen LogP contribution in [0.25, 0.3) is 0 Å². The van der Waals surface area contributed by atoms with Gasteiger partial charge in [0.25, 0.3) is 5.91 Å². The minimum Gasteiger partial charge on any atom is -0.492 e. The predicted octanol–water partition coefficient (Wildman–Crippen LogP) is 3.58. The second-order valence-electron chi connectivity index (χ2n) is 5.82. The number of carbonyl (C=O) groups is 2. The Morgan fingerprint density at radius 3 is 2.56 bits per heavy atom. The molecule has 1 fully saturated rings. The molecule has 130 valence electrons. The lowest BCUT2D eigenvalue weighted by atomic mass is 9.87. The monoisotopic (exact) mass is 358 g/mol. The molecule has 1 aliphatic rings. The highest BCUT2D eigenvalue weighted by atomic mass is 35.5. The second-order valence-corrected chi connectivity index (χ2v) is 6.25. The van der Waals surface area contributed by atoms with Gasteiger partial charge in [0.1, 0.15) is 17.9 Å². The molecule has 0 radical (unpaired) electrons. The van der Waals surface area contributed by atoms with E-state index in [1.165, 1.54) is 4.90 Å². The molecule has 0 aromatic heterocycles. The zero-order valence-corrected chi connectivity index (χ0v) is 14.6. The summed E-state index contributed by atoms with van der Waals surface area (Å²) in [5.74, 6) is 0.352. The average molecular weight is 359 g/mol. The summed E-state index contributed by atoms with van der Waals surface area (Å²) in [5, 5.41) is 3.42. The lowest BCUT2D eigenvalue weighted by molar-refractivity contribution is -0.132. The molecule has 0 saturated carbocycles. The van der Waals surface area contributed by atoms with E-state index in [-0.39, 0.29) is 19.1 Å². The molecule has 1 saturated heterocycles. The van der Waals surface area contributed by atoms with Crippen molar-refractivity contribution in [3.05, 3.63) is 65.2 Å². The van der Waals surface area contributed by atoms with Gasteiger partial charge in [0.05, 0.1) is 6.54 Å². The molecule has 2 aromatic rings. The van der Waals surface area contributed by atoms with Gasteiger partial charge in [-0.1, -0.05) is 54.9 Å². The first-order valence-electron chi connectivity index (χ1n) is 8.15. The molecule has 1 atom stereocenters. The van der Waals surface area contributed by atoms with Gasteiger partial charge < -0.3 is 10.1 Å². The van der Waals surface area contributed by atoms with Gasteiger partial charge in [0.15, 0.2) is 0 Å². The Kier molecular flexibility index (Phi) is 4.95. The van der Waals surface area contributed by atoms with E-state index in [0.717, 1.165) is 5.56 Å². The largest absolute Gasteiger partial charge is 0.492 e. The van der Waals surface area contributed by atoms with Gasteiger partial charge in [-0.3, -0.25) is 9.69 Å². The summed E-state index contributed by atoms with van der Waals surface area (Å²) < 4.78 is 5.59. The van der Waals surface area contributed by atoms with Crippen LogP contribution in [0.1, 0.15) is 18.9 Å². The Hall–Kier alpha value is -2.53. The van der Waals surface area contributed by atoms with E-state index < -0.39 is 11.6 Å². The Bertz CT molecular complexity index is 781. The molecule has 2 aromatic carbocycles. The van der Waals surface area contributed by atoms with E-state index in [9.17, 15) is 9.59 Å². The van der Waals surface area contributed by atoms with Gasteiger partial charge in [-0.2, -0.15) is 0 Å². The zero-order valence-electron chi connectivity index (χ0n) is 13.9. The maximum atomic E-state index is 12.9. The molecule has 0 bridgehead atoms. The van der Waals surface area contributed by atoms with E-state index in [1.54, 1.807) is 24.3 Å². The molecule has 3 amide bonds. The van der Waals surface area contributed by atoms with Crippen LogP contribution < -0.4 is 10.1 Å². The molecule has 0 spiro atoms. The van der Waals surface area contributed by atoms with Crippen molar-refractivity contribution in [2.45, 2.75) is 18.9 Å². The molecule has 0 aliphatic carbocycles. The van der Waals surface area contributed by atoms with Crippen LogP contribution in [0.4, 0.5) is 4.79 Å². The number of rotatable bonds is 6. The Balaban J connectivity index is 1.71. The number of carbonyl (C=O) groups excluding carboxylic acids is 2. The van der Waals surface area contributed by atoms with Crippen LogP contribution in [0.15, 0.2) is 54.6 Å². The van der Waals surface area contributed by atoms with Gasteiger partial charge in [-0.25, -0.2) is 4.79 Å². The molecular weight excluding hydrogens is 340 g/mol. The topological polar surface area (TPSA) is 58.6 Å². The maximum Gasteiger partial charge on any atom is 0.325 e. The van der Waals surface area contributed by atoms with Gasteiger partial charge in [0.2, 0.25) is 0 Å². The fourth-order valence-electron chi connectivity index (χ4n) is 3.00.